The smallest absolute Gasteiger partial charge is 0.132 e. The lowest BCUT2D eigenvalue weighted by Gasteiger charge is -2.32. The normalized spacial score (nSPS) is 17.0. The molecule has 7 heteroatoms. The summed E-state index contributed by atoms with van der Waals surface area (Å²) in [7, 11) is 0. The van der Waals surface area contributed by atoms with E-state index in [0.29, 0.717) is 55.9 Å². The average Bonchev–Trinajstić information content (AvgIpc) is 2.85. The highest BCUT2D eigenvalue weighted by Gasteiger charge is 2.29. The molecule has 1 saturated heterocycles. The minimum Gasteiger partial charge on any atom is -0.388 e. The molecule has 2 N–H and O–H groups in total. The molecule has 0 aliphatic carbocycles. The molecule has 5 nitrogen and oxygen atoms in total. The topological polar surface area (TPSA) is 59.3 Å². The quantitative estimate of drug-likeness (QED) is 0.803. The molecule has 2 aromatic rings. The monoisotopic (exact) mass is 383 g/mol. The standard InChI is InChI=1S/C18H23Cl2N3O2/c1-13-16(10-21-12-18(24)6-8-25-9-7-18)17(20)23(22-13)11-14-2-4-15(19)5-3-14/h2-5,21,24H,6-12H2,1H3. The van der Waals surface area contributed by atoms with Crippen LogP contribution in [0.5, 0.6) is 0 Å². The molecule has 2 heterocycles. The zero-order valence-electron chi connectivity index (χ0n) is 14.3. The van der Waals surface area contributed by atoms with E-state index in [-0.39, 0.29) is 0 Å². The Hall–Kier alpha value is -1.11. The van der Waals surface area contributed by atoms with Gasteiger partial charge < -0.3 is 15.2 Å². The Morgan fingerprint density at radius 3 is 2.60 bits per heavy atom. The largest absolute Gasteiger partial charge is 0.388 e. The highest BCUT2D eigenvalue weighted by Crippen LogP contribution is 2.23. The summed E-state index contributed by atoms with van der Waals surface area (Å²) in [5, 5.41) is 19.7. The van der Waals surface area contributed by atoms with Gasteiger partial charge in [0.15, 0.2) is 0 Å². The van der Waals surface area contributed by atoms with Gasteiger partial charge in [-0.05, 0) is 24.6 Å². The second-order valence-corrected chi connectivity index (χ2v) is 7.37. The van der Waals surface area contributed by atoms with Crippen LogP contribution in [0.25, 0.3) is 0 Å². The van der Waals surface area contributed by atoms with Crippen molar-refractivity contribution in [2.45, 2.75) is 38.5 Å². The van der Waals surface area contributed by atoms with Crippen molar-refractivity contribution in [1.82, 2.24) is 15.1 Å². The number of aryl methyl sites for hydroxylation is 1. The Morgan fingerprint density at radius 2 is 1.92 bits per heavy atom. The third kappa shape index (κ3) is 4.74. The van der Waals surface area contributed by atoms with Crippen molar-refractivity contribution in [3.63, 3.8) is 0 Å². The Morgan fingerprint density at radius 1 is 1.24 bits per heavy atom. The highest BCUT2D eigenvalue weighted by molar-refractivity contribution is 6.30. The maximum Gasteiger partial charge on any atom is 0.132 e. The van der Waals surface area contributed by atoms with Crippen LogP contribution in [0.15, 0.2) is 24.3 Å². The number of hydrogen-bond donors (Lipinski definition) is 2. The van der Waals surface area contributed by atoms with Crippen LogP contribution in [0.1, 0.15) is 29.7 Å². The summed E-state index contributed by atoms with van der Waals surface area (Å²) in [4.78, 5) is 0. The number of rotatable bonds is 6. The molecular weight excluding hydrogens is 361 g/mol. The van der Waals surface area contributed by atoms with E-state index in [9.17, 15) is 5.11 Å². The summed E-state index contributed by atoms with van der Waals surface area (Å²) in [5.74, 6) is 0. The van der Waals surface area contributed by atoms with Crippen molar-refractivity contribution in [2.75, 3.05) is 19.8 Å². The second-order valence-electron chi connectivity index (χ2n) is 6.58. The van der Waals surface area contributed by atoms with Gasteiger partial charge in [0.25, 0.3) is 0 Å². The molecule has 0 unspecified atom stereocenters. The number of nitrogens with zero attached hydrogens (tertiary/aromatic N) is 2. The van der Waals surface area contributed by atoms with Gasteiger partial charge in [-0.3, -0.25) is 0 Å². The molecule has 1 aromatic carbocycles. The van der Waals surface area contributed by atoms with Crippen LogP contribution < -0.4 is 5.32 Å². The van der Waals surface area contributed by atoms with Gasteiger partial charge in [0.05, 0.1) is 17.8 Å². The minimum absolute atomic E-state index is 0.522. The van der Waals surface area contributed by atoms with Gasteiger partial charge in [-0.2, -0.15) is 5.10 Å². The van der Waals surface area contributed by atoms with E-state index in [1.807, 2.05) is 31.2 Å². The van der Waals surface area contributed by atoms with E-state index >= 15 is 0 Å². The van der Waals surface area contributed by atoms with E-state index in [0.717, 1.165) is 16.8 Å². The van der Waals surface area contributed by atoms with Gasteiger partial charge in [0.1, 0.15) is 5.15 Å². The van der Waals surface area contributed by atoms with Gasteiger partial charge in [-0.1, -0.05) is 35.3 Å². The fourth-order valence-corrected chi connectivity index (χ4v) is 3.43. The minimum atomic E-state index is -0.696. The van der Waals surface area contributed by atoms with Crippen LogP contribution in [0.4, 0.5) is 0 Å². The molecule has 0 bridgehead atoms. The third-order valence-electron chi connectivity index (χ3n) is 4.61. The van der Waals surface area contributed by atoms with E-state index in [2.05, 4.69) is 10.4 Å². The van der Waals surface area contributed by atoms with Crippen LogP contribution in [-0.2, 0) is 17.8 Å². The Kier molecular flexibility index (Phi) is 6.02. The predicted molar refractivity (Wildman–Crippen MR) is 99.2 cm³/mol. The summed E-state index contributed by atoms with van der Waals surface area (Å²) < 4.78 is 7.10. The van der Waals surface area contributed by atoms with Crippen LogP contribution in [0, 0.1) is 6.92 Å². The molecule has 0 amide bonds. The molecule has 1 aromatic heterocycles. The van der Waals surface area contributed by atoms with E-state index in [1.54, 1.807) is 4.68 Å². The average molecular weight is 384 g/mol. The molecule has 3 rings (SSSR count). The van der Waals surface area contributed by atoms with Crippen LogP contribution >= 0.6 is 23.2 Å². The number of benzene rings is 1. The summed E-state index contributed by atoms with van der Waals surface area (Å²) >= 11 is 12.4. The zero-order chi connectivity index (χ0) is 17.9. The number of nitrogens with one attached hydrogen (secondary N) is 1. The highest BCUT2D eigenvalue weighted by atomic mass is 35.5. The van der Waals surface area contributed by atoms with Crippen LogP contribution in [0.3, 0.4) is 0 Å². The van der Waals surface area contributed by atoms with E-state index in [4.69, 9.17) is 27.9 Å². The molecule has 1 aliphatic heterocycles. The molecule has 136 valence electrons. The van der Waals surface area contributed by atoms with E-state index in [1.165, 1.54) is 0 Å². The van der Waals surface area contributed by atoms with Crippen LogP contribution in [-0.4, -0.2) is 40.2 Å². The number of halogens is 2. The van der Waals surface area contributed by atoms with E-state index < -0.39 is 5.60 Å². The van der Waals surface area contributed by atoms with Gasteiger partial charge in [0, 0.05) is 49.7 Å². The molecule has 0 saturated carbocycles. The summed E-state index contributed by atoms with van der Waals surface area (Å²) in [6.07, 6.45) is 1.31. The second kappa shape index (κ2) is 8.06. The maximum atomic E-state index is 10.5. The van der Waals surface area contributed by atoms with Crippen molar-refractivity contribution in [1.29, 1.82) is 0 Å². The van der Waals surface area contributed by atoms with Crippen molar-refractivity contribution < 1.29 is 9.84 Å². The SMILES string of the molecule is Cc1nn(Cc2ccc(Cl)cc2)c(Cl)c1CNCC1(O)CCOCC1. The molecule has 1 aliphatic rings. The van der Waals surface area contributed by atoms with Crippen molar-refractivity contribution in [2.24, 2.45) is 0 Å². The van der Waals surface area contributed by atoms with Gasteiger partial charge >= 0.3 is 0 Å². The van der Waals surface area contributed by atoms with Gasteiger partial charge in [-0.25, -0.2) is 4.68 Å². The lowest BCUT2D eigenvalue weighted by atomic mass is 9.94. The molecule has 1 fully saturated rings. The Bertz CT molecular complexity index is 710. The van der Waals surface area contributed by atoms with Gasteiger partial charge in [0.2, 0.25) is 0 Å². The first-order valence-corrected chi connectivity index (χ1v) is 9.19. The maximum absolute atomic E-state index is 10.5. The molecular formula is C18H23Cl2N3O2. The first-order valence-electron chi connectivity index (χ1n) is 8.44. The zero-order valence-corrected chi connectivity index (χ0v) is 15.8. The fourth-order valence-electron chi connectivity index (χ4n) is 3.01. The van der Waals surface area contributed by atoms with Crippen molar-refractivity contribution >= 4 is 23.2 Å². The Labute approximate surface area is 157 Å². The number of hydrogen-bond acceptors (Lipinski definition) is 4. The third-order valence-corrected chi connectivity index (χ3v) is 5.28. The number of aliphatic hydroxyl groups is 1. The lowest BCUT2D eigenvalue weighted by Crippen LogP contribution is -2.44. The summed E-state index contributed by atoms with van der Waals surface area (Å²) in [5.41, 5.74) is 2.25. The first kappa shape index (κ1) is 18.7. The summed E-state index contributed by atoms with van der Waals surface area (Å²) in [6, 6.07) is 7.65. The van der Waals surface area contributed by atoms with Crippen molar-refractivity contribution in [3.8, 4) is 0 Å². The lowest BCUT2D eigenvalue weighted by molar-refractivity contribution is -0.0617. The molecule has 25 heavy (non-hydrogen) atoms. The first-order chi connectivity index (χ1) is 12.0. The molecule has 0 radical (unpaired) electrons. The fraction of sp³-hybridized carbons (Fsp3) is 0.500. The predicted octanol–water partition coefficient (Wildman–Crippen LogP) is 3.18. The van der Waals surface area contributed by atoms with Gasteiger partial charge in [-0.15, -0.1) is 0 Å². The molecule has 0 spiro atoms. The number of ether oxygens (including phenoxy) is 1. The summed E-state index contributed by atoms with van der Waals surface area (Å²) in [6.45, 7) is 4.86. The Balaban J connectivity index is 1.62. The number of aromatic nitrogens is 2. The molecule has 0 atom stereocenters. The van der Waals surface area contributed by atoms with Crippen molar-refractivity contribution in [3.05, 3.63) is 51.3 Å². The van der Waals surface area contributed by atoms with Crippen LogP contribution in [0.2, 0.25) is 10.2 Å².